The summed E-state index contributed by atoms with van der Waals surface area (Å²) in [7, 11) is 2.22. The summed E-state index contributed by atoms with van der Waals surface area (Å²) in [5.41, 5.74) is 6.32. The topological polar surface area (TPSA) is 129 Å². The third-order valence-corrected chi connectivity index (χ3v) is 5.24. The van der Waals surface area contributed by atoms with Crippen molar-refractivity contribution >= 4 is 17.6 Å². The number of esters is 2. The molecule has 1 heterocycles. The van der Waals surface area contributed by atoms with Crippen molar-refractivity contribution in [2.24, 2.45) is 5.73 Å². The van der Waals surface area contributed by atoms with Crippen LogP contribution in [-0.2, 0) is 19.1 Å². The van der Waals surface area contributed by atoms with Crippen LogP contribution in [0.25, 0.3) is 0 Å². The summed E-state index contributed by atoms with van der Waals surface area (Å²) < 4.78 is 24.3. The van der Waals surface area contributed by atoms with Crippen molar-refractivity contribution in [2.75, 3.05) is 19.1 Å². The minimum Gasteiger partial charge on any atom is -0.466 e. The second-order valence-electron chi connectivity index (χ2n) is 7.06. The van der Waals surface area contributed by atoms with E-state index >= 15 is 0 Å². The zero-order valence-corrected chi connectivity index (χ0v) is 18.0. The number of nitrogens with zero attached hydrogens (tertiary/aromatic N) is 3. The predicted molar refractivity (Wildman–Crippen MR) is 115 cm³/mol. The molecular weight excluding hydrogens is 427 g/mol. The van der Waals surface area contributed by atoms with Gasteiger partial charge in [0.2, 0.25) is 0 Å². The Hall–Kier alpha value is -4.63. The summed E-state index contributed by atoms with van der Waals surface area (Å²) in [5, 5.41) is 19.7. The van der Waals surface area contributed by atoms with E-state index in [9.17, 15) is 24.5 Å². The number of hydrogen-bond donors (Lipinski definition) is 1. The van der Waals surface area contributed by atoms with Crippen molar-refractivity contribution in [3.63, 3.8) is 0 Å². The Morgan fingerprint density at radius 2 is 1.70 bits per heavy atom. The number of carbonyl (C=O) groups is 2. The van der Waals surface area contributed by atoms with Crippen LogP contribution in [0.5, 0.6) is 0 Å². The van der Waals surface area contributed by atoms with Crippen LogP contribution in [-0.4, -0.2) is 26.2 Å². The van der Waals surface area contributed by atoms with Crippen LogP contribution >= 0.6 is 0 Å². The Balaban J connectivity index is 2.51. The lowest BCUT2D eigenvalue weighted by Crippen LogP contribution is -2.41. The van der Waals surface area contributed by atoms with Gasteiger partial charge in [0, 0.05) is 0 Å². The number of halogens is 1. The number of hydrogen-bond acceptors (Lipinski definition) is 8. The largest absolute Gasteiger partial charge is 0.466 e. The average molecular weight is 446 g/mol. The quantitative estimate of drug-likeness (QED) is 0.710. The minimum absolute atomic E-state index is 0.000389. The van der Waals surface area contributed by atoms with Crippen LogP contribution in [0.15, 0.2) is 65.1 Å². The summed E-state index contributed by atoms with van der Waals surface area (Å²) in [6.45, 7) is 1.51. The van der Waals surface area contributed by atoms with E-state index in [1.807, 2.05) is 12.1 Å². The normalized spacial score (nSPS) is 15.6. The first-order valence-corrected chi connectivity index (χ1v) is 9.66. The van der Waals surface area contributed by atoms with Crippen LogP contribution in [0.3, 0.4) is 0 Å². The molecule has 1 unspecified atom stereocenters. The molecule has 1 atom stereocenters. The maximum Gasteiger partial charge on any atom is 0.355 e. The average Bonchev–Trinajstić information content (AvgIpc) is 2.82. The van der Waals surface area contributed by atoms with Gasteiger partial charge < -0.3 is 15.2 Å². The lowest BCUT2D eigenvalue weighted by molar-refractivity contribution is -0.139. The number of rotatable bonds is 4. The Morgan fingerprint density at radius 3 is 2.24 bits per heavy atom. The zero-order chi connectivity index (χ0) is 24.3. The van der Waals surface area contributed by atoms with Crippen molar-refractivity contribution < 1.29 is 23.5 Å². The third-order valence-electron chi connectivity index (χ3n) is 5.24. The lowest BCUT2D eigenvalue weighted by atomic mass is 9.80. The Morgan fingerprint density at radius 1 is 1.06 bits per heavy atom. The van der Waals surface area contributed by atoms with Gasteiger partial charge in [-0.3, -0.25) is 4.90 Å². The van der Waals surface area contributed by atoms with Gasteiger partial charge in [0.15, 0.2) is 0 Å². The van der Waals surface area contributed by atoms with Crippen LogP contribution in [0, 0.1) is 35.4 Å². The molecule has 0 spiro atoms. The van der Waals surface area contributed by atoms with Crippen molar-refractivity contribution in [1.29, 1.82) is 10.5 Å². The molecule has 9 heteroatoms. The molecule has 33 heavy (non-hydrogen) atoms. The van der Waals surface area contributed by atoms with Crippen molar-refractivity contribution in [2.45, 2.75) is 12.8 Å². The van der Waals surface area contributed by atoms with Gasteiger partial charge in [-0.05, 0) is 30.2 Å². The molecule has 8 nitrogen and oxygen atoms in total. The molecular formula is C24H19FN4O4. The van der Waals surface area contributed by atoms with Gasteiger partial charge in [-0.2, -0.15) is 10.5 Å². The lowest BCUT2D eigenvalue weighted by Gasteiger charge is -2.36. The number of anilines is 1. The van der Waals surface area contributed by atoms with E-state index in [1.54, 1.807) is 30.3 Å². The fourth-order valence-corrected chi connectivity index (χ4v) is 3.81. The molecule has 0 aromatic heterocycles. The fraction of sp³-hybridized carbons (Fsp3) is 0.167. The predicted octanol–water partition coefficient (Wildman–Crippen LogP) is 2.90. The van der Waals surface area contributed by atoms with Gasteiger partial charge in [0.05, 0.1) is 48.6 Å². The first-order chi connectivity index (χ1) is 15.8. The molecule has 3 rings (SSSR count). The van der Waals surface area contributed by atoms with E-state index in [2.05, 4.69) is 0 Å². The molecule has 0 bridgehead atoms. The molecule has 2 aromatic carbocycles. The molecule has 1 aliphatic rings. The van der Waals surface area contributed by atoms with E-state index < -0.39 is 23.7 Å². The highest BCUT2D eigenvalue weighted by Crippen LogP contribution is 2.44. The maximum atomic E-state index is 14.4. The zero-order valence-electron chi connectivity index (χ0n) is 18.0. The standard InChI is InChI=1S/C24H19FN4O4/c1-13-9-15(25)10-18(16(13)11-26)29-21(24(31)33-3)20(23(30)32-2)19(17(12-27)22(29)28)14-7-5-4-6-8-14/h4-10,19H,28H2,1-3H3. The van der Waals surface area contributed by atoms with E-state index in [-0.39, 0.29) is 39.5 Å². The Labute approximate surface area is 189 Å². The highest BCUT2D eigenvalue weighted by molar-refractivity contribution is 6.06. The SMILES string of the molecule is COC(=O)C1=C(C(=O)OC)N(c2cc(F)cc(C)c2C#N)C(N)=C(C#N)C1c1ccccc1. The summed E-state index contributed by atoms with van der Waals surface area (Å²) in [6, 6.07) is 14.6. The number of benzene rings is 2. The van der Waals surface area contributed by atoms with E-state index in [1.165, 1.54) is 6.92 Å². The molecule has 0 aliphatic carbocycles. The van der Waals surface area contributed by atoms with E-state index in [0.717, 1.165) is 31.3 Å². The summed E-state index contributed by atoms with van der Waals surface area (Å²) in [5.74, 6) is -3.92. The molecule has 0 amide bonds. The van der Waals surface area contributed by atoms with Crippen molar-refractivity contribution in [3.8, 4) is 12.1 Å². The van der Waals surface area contributed by atoms with Gasteiger partial charge in [0.1, 0.15) is 23.4 Å². The van der Waals surface area contributed by atoms with Crippen LogP contribution in [0.2, 0.25) is 0 Å². The van der Waals surface area contributed by atoms with Gasteiger partial charge in [-0.1, -0.05) is 30.3 Å². The number of nitrogens with two attached hydrogens (primary N) is 1. The van der Waals surface area contributed by atoms with Gasteiger partial charge >= 0.3 is 11.9 Å². The number of carbonyl (C=O) groups excluding carboxylic acids is 2. The van der Waals surface area contributed by atoms with Crippen LogP contribution < -0.4 is 10.6 Å². The number of nitriles is 2. The van der Waals surface area contributed by atoms with Gasteiger partial charge in [-0.15, -0.1) is 0 Å². The molecule has 0 saturated heterocycles. The summed E-state index contributed by atoms with van der Waals surface area (Å²) >= 11 is 0. The third kappa shape index (κ3) is 3.88. The molecule has 2 N–H and O–H groups in total. The Bertz CT molecular complexity index is 1290. The highest BCUT2D eigenvalue weighted by atomic mass is 19.1. The molecule has 0 radical (unpaired) electrons. The first-order valence-electron chi connectivity index (χ1n) is 9.66. The van der Waals surface area contributed by atoms with E-state index in [4.69, 9.17) is 15.2 Å². The minimum atomic E-state index is -1.06. The number of allylic oxidation sites excluding steroid dienone is 1. The highest BCUT2D eigenvalue weighted by Gasteiger charge is 2.43. The van der Waals surface area contributed by atoms with Crippen LogP contribution in [0.1, 0.15) is 22.6 Å². The van der Waals surface area contributed by atoms with Crippen molar-refractivity contribution in [1.82, 2.24) is 0 Å². The first kappa shape index (κ1) is 23.0. The smallest absolute Gasteiger partial charge is 0.355 e. The monoisotopic (exact) mass is 446 g/mol. The Kier molecular flexibility index (Phi) is 6.46. The molecule has 166 valence electrons. The van der Waals surface area contributed by atoms with Crippen LogP contribution in [0.4, 0.5) is 10.1 Å². The molecule has 0 fully saturated rings. The fourth-order valence-electron chi connectivity index (χ4n) is 3.81. The second-order valence-corrected chi connectivity index (χ2v) is 7.06. The molecule has 2 aromatic rings. The summed E-state index contributed by atoms with van der Waals surface area (Å²) in [4.78, 5) is 27.0. The summed E-state index contributed by atoms with van der Waals surface area (Å²) in [6.07, 6.45) is 0. The number of methoxy groups -OCH3 is 2. The van der Waals surface area contributed by atoms with E-state index in [0.29, 0.717) is 5.56 Å². The molecule has 1 aliphatic heterocycles. The number of ether oxygens (including phenoxy) is 2. The second kappa shape index (κ2) is 9.25. The number of aryl methyl sites for hydroxylation is 1. The maximum absolute atomic E-state index is 14.4. The van der Waals surface area contributed by atoms with Crippen molar-refractivity contribution in [3.05, 3.63) is 87.6 Å². The molecule has 0 saturated carbocycles. The van der Waals surface area contributed by atoms with Gasteiger partial charge in [-0.25, -0.2) is 14.0 Å². The van der Waals surface area contributed by atoms with Gasteiger partial charge in [0.25, 0.3) is 0 Å².